The van der Waals surface area contributed by atoms with Crippen molar-refractivity contribution in [2.24, 2.45) is 0 Å². The average Bonchev–Trinajstić information content (AvgIpc) is 1.94. The van der Waals surface area contributed by atoms with Gasteiger partial charge in [-0.2, -0.15) is 0 Å². The van der Waals surface area contributed by atoms with Crippen LogP contribution in [-0.4, -0.2) is 45.9 Å². The zero-order chi connectivity index (χ0) is 17.9. The van der Waals surface area contributed by atoms with Crippen molar-refractivity contribution >= 4 is 45.9 Å². The Labute approximate surface area is 224 Å². The maximum absolute atomic E-state index is 8.52. The first-order valence-electron chi connectivity index (χ1n) is 3.06. The molecular formula is Li2Mn2O15Si5Zn2. The average molecular weight is 635 g/mol. The molecule has 26 heavy (non-hydrogen) atoms. The van der Waals surface area contributed by atoms with Crippen molar-refractivity contribution in [2.45, 2.75) is 0 Å². The van der Waals surface area contributed by atoms with E-state index in [1.165, 1.54) is 0 Å². The van der Waals surface area contributed by atoms with Gasteiger partial charge in [0.15, 0.2) is 0 Å². The molecule has 0 saturated carbocycles. The smallest absolute Gasteiger partial charge is 0.672 e. The van der Waals surface area contributed by atoms with Crippen molar-refractivity contribution in [1.29, 1.82) is 0 Å². The molecule has 0 amide bonds. The summed E-state index contributed by atoms with van der Waals surface area (Å²) in [7, 11) is -18.1. The molecule has 0 rings (SSSR count). The summed E-state index contributed by atoms with van der Waals surface area (Å²) in [5, 5.41) is 0. The van der Waals surface area contributed by atoms with Gasteiger partial charge in [-0.1, -0.05) is 0 Å². The molecule has 0 fully saturated rings. The molecule has 0 saturated heterocycles. The van der Waals surface area contributed by atoms with Crippen molar-refractivity contribution in [3.8, 4) is 0 Å². The van der Waals surface area contributed by atoms with Gasteiger partial charge in [0.05, 0.1) is 0 Å². The summed E-state index contributed by atoms with van der Waals surface area (Å²) >= 11 is 0. The second-order valence-electron chi connectivity index (χ2n) is 1.25. The van der Waals surface area contributed by atoms with E-state index >= 15 is 0 Å². The Bertz CT molecular complexity index is 231. The molecule has 0 aliphatic carbocycles. The van der Waals surface area contributed by atoms with Gasteiger partial charge in [-0.15, -0.1) is 0 Å². The fourth-order valence-electron chi connectivity index (χ4n) is 0. The maximum Gasteiger partial charge on any atom is 2.00 e. The van der Waals surface area contributed by atoms with Crippen LogP contribution >= 0.6 is 0 Å². The van der Waals surface area contributed by atoms with Gasteiger partial charge in [0, 0.05) is 45.9 Å². The van der Waals surface area contributed by atoms with Crippen molar-refractivity contribution in [1.82, 2.24) is 0 Å². The summed E-state index contributed by atoms with van der Waals surface area (Å²) < 4.78 is 42.6. The molecule has 26 heteroatoms. The van der Waals surface area contributed by atoms with E-state index in [4.69, 9.17) is 70.3 Å². The van der Waals surface area contributed by atoms with Crippen LogP contribution in [0.15, 0.2) is 0 Å². The van der Waals surface area contributed by atoms with Crippen molar-refractivity contribution in [2.75, 3.05) is 0 Å². The van der Waals surface area contributed by atoms with Gasteiger partial charge < -0.3 is 70.3 Å². The topological polar surface area (TPSA) is 316 Å². The third-order valence-electron chi connectivity index (χ3n) is 0. The fourth-order valence-corrected chi connectivity index (χ4v) is 0. The summed E-state index contributed by atoms with van der Waals surface area (Å²) in [5.74, 6) is 0. The van der Waals surface area contributed by atoms with Crippen molar-refractivity contribution in [3.63, 3.8) is 0 Å². The van der Waals surface area contributed by atoms with E-state index in [2.05, 4.69) is 0 Å². The monoisotopic (exact) mass is 632 g/mol. The molecule has 0 N–H and O–H groups in total. The van der Waals surface area contributed by atoms with Crippen molar-refractivity contribution < 1.29 is 181 Å². The molecule has 0 unspecified atom stereocenters. The van der Waals surface area contributed by atoms with Gasteiger partial charge in [0.1, 0.15) is 0 Å². The third-order valence-corrected chi connectivity index (χ3v) is 0. The van der Waals surface area contributed by atoms with E-state index in [1.54, 1.807) is 0 Å². The zero-order valence-electron chi connectivity index (χ0n) is 12.8. The minimum Gasteiger partial charge on any atom is -0.672 e. The Balaban J connectivity index is -0.0000000114. The number of hydrogen-bond donors (Lipinski definition) is 0. The van der Waals surface area contributed by atoms with E-state index in [0.29, 0.717) is 0 Å². The molecule has 0 bridgehead atoms. The van der Waals surface area contributed by atoms with E-state index < -0.39 is 45.9 Å². The Kier molecular flexibility index (Phi) is 173. The van der Waals surface area contributed by atoms with Crippen molar-refractivity contribution in [3.05, 3.63) is 0 Å². The van der Waals surface area contributed by atoms with Gasteiger partial charge in [0.2, 0.25) is 0 Å². The minimum absolute atomic E-state index is 0. The summed E-state index contributed by atoms with van der Waals surface area (Å²) in [4.78, 5) is 85.2. The first-order valence-corrected chi connectivity index (χ1v) is 9.19. The number of hydrogen-bond acceptors (Lipinski definition) is 15. The molecule has 0 spiro atoms. The molecule has 0 aromatic carbocycles. The molecule has 0 aromatic heterocycles. The molecular weight excluding hydrogens is 635 g/mol. The van der Waals surface area contributed by atoms with E-state index in [9.17, 15) is 0 Å². The van der Waals surface area contributed by atoms with Crippen LogP contribution in [0.25, 0.3) is 0 Å². The van der Waals surface area contributed by atoms with Crippen LogP contribution in [0.3, 0.4) is 0 Å². The van der Waals surface area contributed by atoms with Crippen LogP contribution in [0.5, 0.6) is 0 Å². The third kappa shape index (κ3) is 6300. The van der Waals surface area contributed by atoms with E-state index in [-0.39, 0.29) is 111 Å². The standard InChI is InChI=1S/2Li.2Mn.5O3Si.2Zn/c;;;;5*1-4(2)3;;/q2*+1;2*+2;5*-2;2*+2. The van der Waals surface area contributed by atoms with Gasteiger partial charge >= 0.3 is 111 Å². The molecule has 0 atom stereocenters. The first kappa shape index (κ1) is 70.9. The summed E-state index contributed by atoms with van der Waals surface area (Å²) in [6, 6.07) is 0. The summed E-state index contributed by atoms with van der Waals surface area (Å²) in [6.07, 6.45) is 0. The Morgan fingerprint density at radius 3 is 0.346 bits per heavy atom. The quantitative estimate of drug-likeness (QED) is 0.223. The molecule has 0 aliphatic heterocycles. The van der Waals surface area contributed by atoms with E-state index in [0.717, 1.165) is 0 Å². The molecule has 15 nitrogen and oxygen atoms in total. The van der Waals surface area contributed by atoms with Gasteiger partial charge in [-0.25, -0.2) is 0 Å². The molecule has 0 heterocycles. The Hall–Kier alpha value is 1.56. The first-order chi connectivity index (χ1) is 8.66. The predicted molar refractivity (Wildman–Crippen MR) is 32.2 cm³/mol. The van der Waals surface area contributed by atoms with Gasteiger partial charge in [-0.3, -0.25) is 0 Å². The normalized spacial score (nSPS) is 4.62. The SMILES string of the molecule is O=[Si]([O-])[O-].O=[Si]([O-])[O-].O=[Si]([O-])[O-].O=[Si]([O-])[O-].O=[Si]([O-])[O-].[Li+].[Li+].[Mn+2].[Mn+2].[Zn+2].[Zn+2]. The second-order valence-corrected chi connectivity index (χ2v) is 3.75. The van der Waals surface area contributed by atoms with Crippen LogP contribution in [0, 0.1) is 0 Å². The zero-order valence-corrected chi connectivity index (χ0v) is 26.1. The van der Waals surface area contributed by atoms with Gasteiger partial charge in [0.25, 0.3) is 0 Å². The van der Waals surface area contributed by atoms with E-state index in [1.807, 2.05) is 0 Å². The predicted octanol–water partition coefficient (Wildman–Crippen LogP) is -20.4. The Morgan fingerprint density at radius 1 is 0.346 bits per heavy atom. The maximum atomic E-state index is 8.52. The molecule has 130 valence electrons. The molecule has 0 aliphatic rings. The van der Waals surface area contributed by atoms with Crippen LogP contribution in [0.1, 0.15) is 0 Å². The fraction of sp³-hybridized carbons (Fsp3) is 0. The van der Waals surface area contributed by atoms with Crippen LogP contribution in [0.2, 0.25) is 0 Å². The minimum atomic E-state index is -3.63. The molecule has 2 radical (unpaired) electrons. The summed E-state index contributed by atoms with van der Waals surface area (Å²) in [6.45, 7) is 0. The second kappa shape index (κ2) is 63.3. The summed E-state index contributed by atoms with van der Waals surface area (Å²) in [5.41, 5.74) is 0. The van der Waals surface area contributed by atoms with Crippen LogP contribution < -0.4 is 85.7 Å². The van der Waals surface area contributed by atoms with Crippen LogP contribution in [0.4, 0.5) is 0 Å². The molecule has 0 aromatic rings. The van der Waals surface area contributed by atoms with Gasteiger partial charge in [-0.05, 0) is 0 Å². The Morgan fingerprint density at radius 2 is 0.346 bits per heavy atom. The largest absolute Gasteiger partial charge is 2.00 e. The van der Waals surface area contributed by atoms with Crippen LogP contribution in [-0.2, 0) is 95.4 Å². The number of rotatable bonds is 0.